The molecule has 4 nitrogen and oxygen atoms in total. The van der Waals surface area contributed by atoms with E-state index in [9.17, 15) is 5.11 Å². The molecule has 0 saturated heterocycles. The zero-order chi connectivity index (χ0) is 13.9. The fourth-order valence-electron chi connectivity index (χ4n) is 2.41. The Morgan fingerprint density at radius 2 is 2.26 bits per heavy atom. The Labute approximate surface area is 114 Å². The third kappa shape index (κ3) is 3.69. The second-order valence-electron chi connectivity index (χ2n) is 5.70. The molecule has 1 aromatic carbocycles. The van der Waals surface area contributed by atoms with E-state index in [0.29, 0.717) is 6.61 Å². The Hall–Kier alpha value is -1.10. The third-order valence-electron chi connectivity index (χ3n) is 3.31. The van der Waals surface area contributed by atoms with Crippen LogP contribution in [0.15, 0.2) is 18.2 Å². The molecule has 0 aliphatic carbocycles. The fourth-order valence-corrected chi connectivity index (χ4v) is 2.41. The van der Waals surface area contributed by atoms with Crippen LogP contribution in [0.3, 0.4) is 0 Å². The Bertz CT molecular complexity index is 431. The van der Waals surface area contributed by atoms with Gasteiger partial charge in [-0.3, -0.25) is 0 Å². The van der Waals surface area contributed by atoms with Gasteiger partial charge in [0, 0.05) is 20.1 Å². The highest BCUT2D eigenvalue weighted by Crippen LogP contribution is 2.35. The van der Waals surface area contributed by atoms with Crippen LogP contribution >= 0.6 is 0 Å². The van der Waals surface area contributed by atoms with Crippen LogP contribution in [0.2, 0.25) is 0 Å². The van der Waals surface area contributed by atoms with E-state index in [2.05, 4.69) is 31.3 Å². The van der Waals surface area contributed by atoms with Gasteiger partial charge in [0.05, 0.1) is 19.3 Å². The second-order valence-corrected chi connectivity index (χ2v) is 5.70. The van der Waals surface area contributed by atoms with E-state index >= 15 is 0 Å². The molecule has 0 bridgehead atoms. The maximum atomic E-state index is 9.20. The van der Waals surface area contributed by atoms with Crippen molar-refractivity contribution in [1.29, 1.82) is 0 Å². The zero-order valence-electron chi connectivity index (χ0n) is 11.9. The molecule has 1 atom stereocenters. The summed E-state index contributed by atoms with van der Waals surface area (Å²) < 4.78 is 10.9. The summed E-state index contributed by atoms with van der Waals surface area (Å²) in [4.78, 5) is 0. The average molecular weight is 265 g/mol. The summed E-state index contributed by atoms with van der Waals surface area (Å²) in [7, 11) is 1.64. The monoisotopic (exact) mass is 265 g/mol. The van der Waals surface area contributed by atoms with Gasteiger partial charge in [0.25, 0.3) is 0 Å². The molecule has 0 amide bonds. The molecule has 4 heteroatoms. The molecular formula is C15H23NO3. The van der Waals surface area contributed by atoms with Gasteiger partial charge in [0.1, 0.15) is 11.4 Å². The molecule has 1 aliphatic rings. The van der Waals surface area contributed by atoms with Gasteiger partial charge < -0.3 is 19.9 Å². The molecule has 19 heavy (non-hydrogen) atoms. The Morgan fingerprint density at radius 1 is 1.47 bits per heavy atom. The van der Waals surface area contributed by atoms with Crippen LogP contribution in [0.5, 0.6) is 5.75 Å². The van der Waals surface area contributed by atoms with Crippen molar-refractivity contribution in [2.24, 2.45) is 0 Å². The van der Waals surface area contributed by atoms with Gasteiger partial charge in [0.2, 0.25) is 0 Å². The summed E-state index contributed by atoms with van der Waals surface area (Å²) >= 11 is 0. The highest BCUT2D eigenvalue weighted by Gasteiger charge is 2.29. The molecule has 0 saturated carbocycles. The summed E-state index contributed by atoms with van der Waals surface area (Å²) in [6, 6.07) is 6.25. The summed E-state index contributed by atoms with van der Waals surface area (Å²) in [6.07, 6.45) is 0.942. The van der Waals surface area contributed by atoms with E-state index in [1.165, 1.54) is 11.1 Å². The number of hydrogen-bond acceptors (Lipinski definition) is 4. The minimum Gasteiger partial charge on any atom is -0.487 e. The van der Waals surface area contributed by atoms with Gasteiger partial charge in [0.15, 0.2) is 0 Å². The van der Waals surface area contributed by atoms with E-state index in [1.807, 2.05) is 6.07 Å². The van der Waals surface area contributed by atoms with Gasteiger partial charge in [-0.2, -0.15) is 0 Å². The standard InChI is InChI=1S/C15H23NO3/c1-15(2)7-12-6-11(4-5-14(12)19-15)8-16-13(9-17)10-18-3/h4-6,13,16-17H,7-10H2,1-3H3. The van der Waals surface area contributed by atoms with Crippen LogP contribution in [0.25, 0.3) is 0 Å². The quantitative estimate of drug-likeness (QED) is 0.818. The van der Waals surface area contributed by atoms with E-state index in [1.54, 1.807) is 7.11 Å². The van der Waals surface area contributed by atoms with E-state index < -0.39 is 0 Å². The number of aliphatic hydroxyl groups is 1. The van der Waals surface area contributed by atoms with Crippen molar-refractivity contribution >= 4 is 0 Å². The molecule has 0 radical (unpaired) electrons. The number of ether oxygens (including phenoxy) is 2. The van der Waals surface area contributed by atoms with Crippen molar-refractivity contribution in [3.05, 3.63) is 29.3 Å². The van der Waals surface area contributed by atoms with Gasteiger partial charge >= 0.3 is 0 Å². The molecule has 1 aliphatic heterocycles. The van der Waals surface area contributed by atoms with E-state index in [-0.39, 0.29) is 18.2 Å². The van der Waals surface area contributed by atoms with Crippen molar-refractivity contribution in [1.82, 2.24) is 5.32 Å². The number of fused-ring (bicyclic) bond motifs is 1. The van der Waals surface area contributed by atoms with Crippen molar-refractivity contribution in [3.8, 4) is 5.75 Å². The minimum absolute atomic E-state index is 0.0223. The van der Waals surface area contributed by atoms with Gasteiger partial charge in [-0.05, 0) is 31.0 Å². The third-order valence-corrected chi connectivity index (χ3v) is 3.31. The Morgan fingerprint density at radius 3 is 2.95 bits per heavy atom. The highest BCUT2D eigenvalue weighted by molar-refractivity contribution is 5.41. The first-order valence-electron chi connectivity index (χ1n) is 6.68. The maximum absolute atomic E-state index is 9.20. The molecule has 0 aromatic heterocycles. The molecule has 1 heterocycles. The van der Waals surface area contributed by atoms with Crippen molar-refractivity contribution in [3.63, 3.8) is 0 Å². The predicted octanol–water partition coefficient (Wildman–Crippen LogP) is 1.50. The molecule has 2 N–H and O–H groups in total. The minimum atomic E-state index is -0.0991. The lowest BCUT2D eigenvalue weighted by molar-refractivity contribution is 0.128. The number of nitrogens with one attached hydrogen (secondary N) is 1. The molecular weight excluding hydrogens is 242 g/mol. The number of aliphatic hydroxyl groups excluding tert-OH is 1. The molecule has 1 unspecified atom stereocenters. The lowest BCUT2D eigenvalue weighted by Crippen LogP contribution is -2.35. The van der Waals surface area contributed by atoms with Crippen molar-refractivity contribution in [2.75, 3.05) is 20.3 Å². The summed E-state index contributed by atoms with van der Waals surface area (Å²) in [5.41, 5.74) is 2.36. The highest BCUT2D eigenvalue weighted by atomic mass is 16.5. The summed E-state index contributed by atoms with van der Waals surface area (Å²) in [5.74, 6) is 0.990. The normalized spacial score (nSPS) is 17.9. The predicted molar refractivity (Wildman–Crippen MR) is 74.4 cm³/mol. The van der Waals surface area contributed by atoms with Crippen LogP contribution in [-0.2, 0) is 17.7 Å². The SMILES string of the molecule is COCC(CO)NCc1ccc2c(c1)CC(C)(C)O2. The first kappa shape index (κ1) is 14.3. The van der Waals surface area contributed by atoms with Crippen LogP contribution < -0.4 is 10.1 Å². The van der Waals surface area contributed by atoms with Gasteiger partial charge in [-0.15, -0.1) is 0 Å². The average Bonchev–Trinajstić information content (AvgIpc) is 2.67. The van der Waals surface area contributed by atoms with E-state index in [4.69, 9.17) is 9.47 Å². The molecule has 1 aromatic rings. The topological polar surface area (TPSA) is 50.7 Å². The van der Waals surface area contributed by atoms with Crippen LogP contribution in [0, 0.1) is 0 Å². The molecule has 2 rings (SSSR count). The number of rotatable bonds is 6. The number of benzene rings is 1. The van der Waals surface area contributed by atoms with Crippen LogP contribution in [0.1, 0.15) is 25.0 Å². The number of hydrogen-bond donors (Lipinski definition) is 2. The molecule has 106 valence electrons. The van der Waals surface area contributed by atoms with Crippen molar-refractivity contribution in [2.45, 2.75) is 38.5 Å². The van der Waals surface area contributed by atoms with Crippen LogP contribution in [0.4, 0.5) is 0 Å². The molecule has 0 fully saturated rings. The number of methoxy groups -OCH3 is 1. The second kappa shape index (κ2) is 5.90. The summed E-state index contributed by atoms with van der Waals surface area (Å²) in [5, 5.41) is 12.5. The van der Waals surface area contributed by atoms with E-state index in [0.717, 1.165) is 18.7 Å². The lowest BCUT2D eigenvalue weighted by Gasteiger charge is -2.16. The maximum Gasteiger partial charge on any atom is 0.123 e. The first-order valence-corrected chi connectivity index (χ1v) is 6.68. The van der Waals surface area contributed by atoms with Gasteiger partial charge in [-0.1, -0.05) is 12.1 Å². The first-order chi connectivity index (χ1) is 9.04. The fraction of sp³-hybridized carbons (Fsp3) is 0.600. The zero-order valence-corrected chi connectivity index (χ0v) is 11.9. The largest absolute Gasteiger partial charge is 0.487 e. The smallest absolute Gasteiger partial charge is 0.123 e. The molecule has 0 spiro atoms. The Kier molecular flexibility index (Phi) is 4.45. The van der Waals surface area contributed by atoms with Gasteiger partial charge in [-0.25, -0.2) is 0 Å². The van der Waals surface area contributed by atoms with Crippen LogP contribution in [-0.4, -0.2) is 37.1 Å². The van der Waals surface area contributed by atoms with Crippen molar-refractivity contribution < 1.29 is 14.6 Å². The Balaban J connectivity index is 1.96. The lowest BCUT2D eigenvalue weighted by atomic mass is 10.0. The summed E-state index contributed by atoms with van der Waals surface area (Å²) in [6.45, 7) is 5.52.